The summed E-state index contributed by atoms with van der Waals surface area (Å²) in [6.45, 7) is 1.16. The monoisotopic (exact) mass is 320 g/mol. The highest BCUT2D eigenvalue weighted by Crippen LogP contribution is 2.25. The van der Waals surface area contributed by atoms with Gasteiger partial charge in [0.1, 0.15) is 18.2 Å². The molecule has 0 fully saturated rings. The third kappa shape index (κ3) is 6.66. The first-order valence-corrected chi connectivity index (χ1v) is 6.85. The van der Waals surface area contributed by atoms with Crippen molar-refractivity contribution in [1.82, 2.24) is 5.32 Å². The van der Waals surface area contributed by atoms with E-state index in [1.807, 2.05) is 6.92 Å². The smallest absolute Gasteiger partial charge is 0.319 e. The number of carbonyl (C=O) groups excluding carboxylic acids is 1. The Balaban J connectivity index is 2.58. The Morgan fingerprint density at radius 2 is 2.14 bits per heavy atom. The van der Waals surface area contributed by atoms with Crippen LogP contribution >= 0.6 is 0 Å². The molecule has 0 heterocycles. The van der Waals surface area contributed by atoms with E-state index in [1.54, 1.807) is 0 Å². The number of anilines is 1. The first-order chi connectivity index (χ1) is 10.4. The third-order valence-electron chi connectivity index (χ3n) is 2.79. The van der Waals surface area contributed by atoms with Gasteiger partial charge in [0.2, 0.25) is 0 Å². The lowest BCUT2D eigenvalue weighted by atomic mass is 10.2. The summed E-state index contributed by atoms with van der Waals surface area (Å²) in [6.07, 6.45) is -2.24. The second-order valence-electron chi connectivity index (χ2n) is 4.57. The molecular weight excluding hydrogens is 301 g/mol. The Bertz CT molecular complexity index is 486. The highest BCUT2D eigenvalue weighted by atomic mass is 19.3. The molecule has 0 radical (unpaired) electrons. The van der Waals surface area contributed by atoms with Crippen molar-refractivity contribution in [2.75, 3.05) is 18.5 Å². The van der Waals surface area contributed by atoms with Crippen LogP contribution in [0.4, 0.5) is 23.7 Å². The maximum atomic E-state index is 13.1. The molecule has 0 bridgehead atoms. The molecule has 0 aromatic heterocycles. The zero-order valence-electron chi connectivity index (χ0n) is 12.1. The Morgan fingerprint density at radius 1 is 1.41 bits per heavy atom. The van der Waals surface area contributed by atoms with E-state index in [-0.39, 0.29) is 18.0 Å². The lowest BCUT2D eigenvalue weighted by Gasteiger charge is -2.13. The van der Waals surface area contributed by atoms with Crippen LogP contribution in [0.3, 0.4) is 0 Å². The molecule has 5 nitrogen and oxygen atoms in total. The van der Waals surface area contributed by atoms with Crippen LogP contribution < -0.4 is 15.4 Å². The van der Waals surface area contributed by atoms with Crippen LogP contribution in [0.25, 0.3) is 0 Å². The van der Waals surface area contributed by atoms with Gasteiger partial charge in [-0.05, 0) is 25.0 Å². The number of carbonyl (C=O) groups is 1. The van der Waals surface area contributed by atoms with E-state index >= 15 is 0 Å². The number of ether oxygens (including phenoxy) is 1. The fourth-order valence-corrected chi connectivity index (χ4v) is 1.59. The summed E-state index contributed by atoms with van der Waals surface area (Å²) in [6, 6.07) is 2.61. The van der Waals surface area contributed by atoms with Crippen molar-refractivity contribution in [2.45, 2.75) is 32.3 Å². The number of halogens is 3. The first kappa shape index (κ1) is 18.1. The molecule has 0 spiro atoms. The zero-order valence-corrected chi connectivity index (χ0v) is 12.1. The van der Waals surface area contributed by atoms with Crippen LogP contribution in [0.2, 0.25) is 0 Å². The second kappa shape index (κ2) is 9.14. The number of amides is 2. The molecule has 1 atom stereocenters. The molecule has 0 aliphatic heterocycles. The summed E-state index contributed by atoms with van der Waals surface area (Å²) >= 11 is 0. The van der Waals surface area contributed by atoms with E-state index in [1.165, 1.54) is 6.07 Å². The van der Waals surface area contributed by atoms with Crippen LogP contribution in [-0.4, -0.2) is 36.8 Å². The SMILES string of the molecule is CCC(O)CCNC(=O)Nc1ccc(F)cc1OCC(F)F. The quantitative estimate of drug-likeness (QED) is 0.690. The van der Waals surface area contributed by atoms with Gasteiger partial charge >= 0.3 is 6.03 Å². The largest absolute Gasteiger partial charge is 0.485 e. The number of nitrogens with one attached hydrogen (secondary N) is 2. The van der Waals surface area contributed by atoms with Gasteiger partial charge in [-0.3, -0.25) is 0 Å². The molecule has 0 saturated heterocycles. The second-order valence-corrected chi connectivity index (χ2v) is 4.57. The minimum Gasteiger partial charge on any atom is -0.485 e. The lowest BCUT2D eigenvalue weighted by molar-refractivity contribution is 0.0821. The maximum Gasteiger partial charge on any atom is 0.319 e. The Kier molecular flexibility index (Phi) is 7.51. The number of aliphatic hydroxyl groups is 1. The summed E-state index contributed by atoms with van der Waals surface area (Å²) in [5.74, 6) is -0.842. The molecule has 1 rings (SSSR count). The Morgan fingerprint density at radius 3 is 2.77 bits per heavy atom. The molecule has 2 amide bonds. The highest BCUT2D eigenvalue weighted by Gasteiger charge is 2.12. The minimum atomic E-state index is -2.71. The van der Waals surface area contributed by atoms with Crippen molar-refractivity contribution >= 4 is 11.7 Å². The molecule has 0 aliphatic rings. The number of hydrogen-bond acceptors (Lipinski definition) is 3. The Labute approximate surface area is 126 Å². The zero-order chi connectivity index (χ0) is 16.5. The van der Waals surface area contributed by atoms with E-state index in [2.05, 4.69) is 10.6 Å². The maximum absolute atomic E-state index is 13.1. The van der Waals surface area contributed by atoms with Crippen molar-refractivity contribution in [3.05, 3.63) is 24.0 Å². The number of alkyl halides is 2. The fraction of sp³-hybridized carbons (Fsp3) is 0.500. The third-order valence-corrected chi connectivity index (χ3v) is 2.79. The van der Waals surface area contributed by atoms with Crippen LogP contribution in [0.15, 0.2) is 18.2 Å². The molecule has 1 aromatic carbocycles. The van der Waals surface area contributed by atoms with Gasteiger partial charge in [0.05, 0.1) is 11.8 Å². The standard InChI is InChI=1S/C14H19F3N2O3/c1-2-10(20)5-6-18-14(21)19-11-4-3-9(15)7-12(11)22-8-13(16)17/h3-4,7,10,13,20H,2,5-6,8H2,1H3,(H2,18,19,21). The summed E-state index contributed by atoms with van der Waals surface area (Å²) in [5.41, 5.74) is 0.0792. The minimum absolute atomic E-state index is 0.0792. The van der Waals surface area contributed by atoms with Gasteiger partial charge in [0.15, 0.2) is 0 Å². The molecule has 3 N–H and O–H groups in total. The summed E-state index contributed by atoms with van der Waals surface area (Å²) in [4.78, 5) is 11.7. The van der Waals surface area contributed by atoms with Gasteiger partial charge in [0, 0.05) is 12.6 Å². The van der Waals surface area contributed by atoms with E-state index in [9.17, 15) is 23.1 Å². The predicted octanol–water partition coefficient (Wildman–Crippen LogP) is 2.75. The van der Waals surface area contributed by atoms with Gasteiger partial charge < -0.3 is 20.5 Å². The van der Waals surface area contributed by atoms with Crippen molar-refractivity contribution < 1.29 is 27.8 Å². The van der Waals surface area contributed by atoms with Gasteiger partial charge in [-0.2, -0.15) is 0 Å². The average Bonchev–Trinajstić information content (AvgIpc) is 2.47. The number of urea groups is 1. The van der Waals surface area contributed by atoms with Crippen LogP contribution in [-0.2, 0) is 0 Å². The van der Waals surface area contributed by atoms with Gasteiger partial charge in [-0.1, -0.05) is 6.92 Å². The average molecular weight is 320 g/mol. The summed E-state index contributed by atoms with van der Waals surface area (Å²) in [5, 5.41) is 14.2. The molecular formula is C14H19F3N2O3. The van der Waals surface area contributed by atoms with Crippen molar-refractivity contribution in [1.29, 1.82) is 0 Å². The lowest BCUT2D eigenvalue weighted by Crippen LogP contribution is -2.31. The molecule has 22 heavy (non-hydrogen) atoms. The topological polar surface area (TPSA) is 70.6 Å². The fourth-order valence-electron chi connectivity index (χ4n) is 1.59. The van der Waals surface area contributed by atoms with E-state index in [4.69, 9.17) is 4.74 Å². The molecule has 0 saturated carbocycles. The normalized spacial score (nSPS) is 12.1. The number of benzene rings is 1. The summed E-state index contributed by atoms with van der Waals surface area (Å²) < 4.78 is 42.2. The van der Waals surface area contributed by atoms with E-state index in [0.717, 1.165) is 12.1 Å². The van der Waals surface area contributed by atoms with Crippen LogP contribution in [0.5, 0.6) is 5.75 Å². The van der Waals surface area contributed by atoms with Crippen molar-refractivity contribution in [3.63, 3.8) is 0 Å². The Hall–Kier alpha value is -1.96. The van der Waals surface area contributed by atoms with E-state index < -0.39 is 31.0 Å². The molecule has 1 aromatic rings. The molecule has 8 heteroatoms. The number of aliphatic hydroxyl groups excluding tert-OH is 1. The molecule has 124 valence electrons. The summed E-state index contributed by atoms with van der Waals surface area (Å²) in [7, 11) is 0. The number of rotatable bonds is 8. The van der Waals surface area contributed by atoms with E-state index in [0.29, 0.717) is 12.8 Å². The van der Waals surface area contributed by atoms with Crippen molar-refractivity contribution in [3.8, 4) is 5.75 Å². The van der Waals surface area contributed by atoms with Crippen molar-refractivity contribution in [2.24, 2.45) is 0 Å². The van der Waals surface area contributed by atoms with Crippen LogP contribution in [0.1, 0.15) is 19.8 Å². The first-order valence-electron chi connectivity index (χ1n) is 6.85. The molecule has 0 aliphatic carbocycles. The van der Waals surface area contributed by atoms with Crippen LogP contribution in [0, 0.1) is 5.82 Å². The van der Waals surface area contributed by atoms with Gasteiger partial charge in [-0.25, -0.2) is 18.0 Å². The highest BCUT2D eigenvalue weighted by molar-refractivity contribution is 5.90. The van der Waals surface area contributed by atoms with Gasteiger partial charge in [0.25, 0.3) is 6.43 Å². The molecule has 1 unspecified atom stereocenters. The number of hydrogen-bond donors (Lipinski definition) is 3. The predicted molar refractivity (Wildman–Crippen MR) is 75.8 cm³/mol. The van der Waals surface area contributed by atoms with Gasteiger partial charge in [-0.15, -0.1) is 0 Å².